The van der Waals surface area contributed by atoms with Gasteiger partial charge >= 0.3 is 0 Å². The third-order valence-corrected chi connectivity index (χ3v) is 3.38. The Morgan fingerprint density at radius 1 is 1.17 bits per heavy atom. The van der Waals surface area contributed by atoms with Gasteiger partial charge in [0.1, 0.15) is 0 Å². The number of pyridine rings is 1. The quantitative estimate of drug-likeness (QED) is 0.681. The van der Waals surface area contributed by atoms with E-state index in [9.17, 15) is 4.79 Å². The molecule has 90 valence electrons. The van der Waals surface area contributed by atoms with Gasteiger partial charge in [-0.15, -0.1) is 0 Å². The summed E-state index contributed by atoms with van der Waals surface area (Å²) in [5.41, 5.74) is 0.364. The highest BCUT2D eigenvalue weighted by Gasteiger charge is 2.09. The molecule has 0 saturated carbocycles. The zero-order valence-electron chi connectivity index (χ0n) is 9.66. The minimum atomic E-state index is -0.276. The largest absolute Gasteiger partial charge is 0.491 e. The molecule has 1 aromatic heterocycles. The van der Waals surface area contributed by atoms with Gasteiger partial charge in [0, 0.05) is 10.8 Å². The molecule has 0 saturated heterocycles. The molecule has 0 aliphatic carbocycles. The summed E-state index contributed by atoms with van der Waals surface area (Å²) in [6.07, 6.45) is 0. The number of H-pyrrole nitrogens is 1. The van der Waals surface area contributed by atoms with Gasteiger partial charge in [-0.3, -0.25) is 4.79 Å². The highest BCUT2D eigenvalue weighted by atomic mass is 35.5. The van der Waals surface area contributed by atoms with E-state index in [1.165, 1.54) is 7.11 Å². The predicted molar refractivity (Wildman–Crippen MR) is 73.6 cm³/mol. The number of aromatic amines is 1. The van der Waals surface area contributed by atoms with Gasteiger partial charge in [0.05, 0.1) is 17.6 Å². The fourth-order valence-corrected chi connectivity index (χ4v) is 2.43. The summed E-state index contributed by atoms with van der Waals surface area (Å²) in [5, 5.41) is 3.37. The minimum absolute atomic E-state index is 0.276. The van der Waals surface area contributed by atoms with Crippen molar-refractivity contribution in [1.82, 2.24) is 4.98 Å². The van der Waals surface area contributed by atoms with E-state index >= 15 is 0 Å². The van der Waals surface area contributed by atoms with Crippen molar-refractivity contribution >= 4 is 33.3 Å². The van der Waals surface area contributed by atoms with Crippen LogP contribution >= 0.6 is 11.6 Å². The van der Waals surface area contributed by atoms with Gasteiger partial charge in [-0.25, -0.2) is 0 Å². The smallest absolute Gasteiger partial charge is 0.290 e. The fourth-order valence-electron chi connectivity index (χ4n) is 2.10. The van der Waals surface area contributed by atoms with Crippen LogP contribution in [-0.2, 0) is 0 Å². The first-order chi connectivity index (χ1) is 8.70. The molecule has 1 N–H and O–H groups in total. The molecular formula is C14H10ClNO2. The van der Waals surface area contributed by atoms with Gasteiger partial charge in [0.2, 0.25) is 0 Å². The molecule has 0 unspecified atom stereocenters. The summed E-state index contributed by atoms with van der Waals surface area (Å²) in [4.78, 5) is 14.5. The number of fused-ring (bicyclic) bond motifs is 2. The summed E-state index contributed by atoms with van der Waals surface area (Å²) in [5.74, 6) is 0.286. The van der Waals surface area contributed by atoms with Crippen LogP contribution in [0.1, 0.15) is 0 Å². The standard InChI is InChI=1S/C14H10ClNO2/c1-18-11-7-9-6-8-4-2-3-5-10(8)12(15)13(9)16-14(11)17/h2-7H,1H3,(H,16,17). The molecule has 3 rings (SSSR count). The van der Waals surface area contributed by atoms with Crippen LogP contribution in [0, 0.1) is 0 Å². The van der Waals surface area contributed by atoms with Gasteiger partial charge in [-0.1, -0.05) is 35.9 Å². The molecule has 4 heteroatoms. The second-order valence-corrected chi connectivity index (χ2v) is 4.42. The second-order valence-electron chi connectivity index (χ2n) is 4.04. The lowest BCUT2D eigenvalue weighted by Crippen LogP contribution is -2.08. The Labute approximate surface area is 108 Å². The van der Waals surface area contributed by atoms with E-state index in [4.69, 9.17) is 16.3 Å². The molecule has 0 aliphatic heterocycles. The third-order valence-electron chi connectivity index (χ3n) is 2.99. The normalized spacial score (nSPS) is 11.0. The third kappa shape index (κ3) is 1.56. The molecule has 0 spiro atoms. The number of rotatable bonds is 1. The Hall–Kier alpha value is -2.00. The summed E-state index contributed by atoms with van der Waals surface area (Å²) >= 11 is 6.33. The molecule has 18 heavy (non-hydrogen) atoms. The van der Waals surface area contributed by atoms with Crippen LogP contribution in [0.4, 0.5) is 0 Å². The van der Waals surface area contributed by atoms with E-state index in [1.807, 2.05) is 30.3 Å². The lowest BCUT2D eigenvalue weighted by Gasteiger charge is -2.07. The number of hydrogen-bond acceptors (Lipinski definition) is 2. The van der Waals surface area contributed by atoms with E-state index in [-0.39, 0.29) is 11.3 Å². The van der Waals surface area contributed by atoms with Crippen molar-refractivity contribution in [2.75, 3.05) is 7.11 Å². The van der Waals surface area contributed by atoms with Crippen molar-refractivity contribution in [3.8, 4) is 5.75 Å². The topological polar surface area (TPSA) is 42.1 Å². The SMILES string of the molecule is COc1cc2cc3ccccc3c(Cl)c2[nH]c1=O. The number of halogens is 1. The van der Waals surface area contributed by atoms with Gasteiger partial charge in [-0.2, -0.15) is 0 Å². The van der Waals surface area contributed by atoms with Crippen molar-refractivity contribution in [2.24, 2.45) is 0 Å². The van der Waals surface area contributed by atoms with E-state index in [0.29, 0.717) is 10.5 Å². The van der Waals surface area contributed by atoms with Crippen LogP contribution in [0.15, 0.2) is 41.2 Å². The second kappa shape index (κ2) is 4.03. The highest BCUT2D eigenvalue weighted by molar-refractivity contribution is 6.40. The van der Waals surface area contributed by atoms with Crippen molar-refractivity contribution < 1.29 is 4.74 Å². The van der Waals surface area contributed by atoms with Crippen molar-refractivity contribution in [2.45, 2.75) is 0 Å². The van der Waals surface area contributed by atoms with Crippen LogP contribution in [0.2, 0.25) is 5.02 Å². The molecule has 0 amide bonds. The Morgan fingerprint density at radius 2 is 1.94 bits per heavy atom. The predicted octanol–water partition coefficient (Wildman–Crippen LogP) is 3.34. The molecule has 0 radical (unpaired) electrons. The maximum absolute atomic E-state index is 11.7. The van der Waals surface area contributed by atoms with E-state index in [0.717, 1.165) is 16.2 Å². The van der Waals surface area contributed by atoms with Gasteiger partial charge in [0.25, 0.3) is 5.56 Å². The van der Waals surface area contributed by atoms with Gasteiger partial charge in [-0.05, 0) is 17.5 Å². The van der Waals surface area contributed by atoms with Crippen LogP contribution < -0.4 is 10.3 Å². The molecule has 3 aromatic rings. The average molecular weight is 260 g/mol. The molecule has 1 heterocycles. The van der Waals surface area contributed by atoms with Crippen molar-refractivity contribution in [3.63, 3.8) is 0 Å². The van der Waals surface area contributed by atoms with E-state index in [1.54, 1.807) is 6.07 Å². The highest BCUT2D eigenvalue weighted by Crippen LogP contribution is 2.31. The monoisotopic (exact) mass is 259 g/mol. The van der Waals surface area contributed by atoms with Gasteiger partial charge in [0.15, 0.2) is 5.75 Å². The van der Waals surface area contributed by atoms with Crippen LogP contribution in [0.3, 0.4) is 0 Å². The summed E-state index contributed by atoms with van der Waals surface area (Å²) < 4.78 is 5.02. The molecular weight excluding hydrogens is 250 g/mol. The zero-order valence-corrected chi connectivity index (χ0v) is 10.4. The Kier molecular flexibility index (Phi) is 2.49. The molecule has 3 nitrogen and oxygen atoms in total. The molecule has 0 atom stereocenters. The molecule has 0 bridgehead atoms. The summed E-state index contributed by atoms with van der Waals surface area (Å²) in [7, 11) is 1.47. The first-order valence-corrected chi connectivity index (χ1v) is 5.87. The van der Waals surface area contributed by atoms with E-state index in [2.05, 4.69) is 4.98 Å². The minimum Gasteiger partial charge on any atom is -0.491 e. The van der Waals surface area contributed by atoms with Crippen molar-refractivity contribution in [3.05, 3.63) is 51.8 Å². The Bertz CT molecular complexity index is 808. The lowest BCUT2D eigenvalue weighted by atomic mass is 10.1. The first kappa shape index (κ1) is 11.1. The molecule has 2 aromatic carbocycles. The van der Waals surface area contributed by atoms with Crippen LogP contribution in [-0.4, -0.2) is 12.1 Å². The fraction of sp³-hybridized carbons (Fsp3) is 0.0714. The van der Waals surface area contributed by atoms with Crippen molar-refractivity contribution in [1.29, 1.82) is 0 Å². The maximum Gasteiger partial charge on any atom is 0.290 e. The van der Waals surface area contributed by atoms with E-state index < -0.39 is 0 Å². The maximum atomic E-state index is 11.7. The Morgan fingerprint density at radius 3 is 2.72 bits per heavy atom. The summed E-state index contributed by atoms with van der Waals surface area (Å²) in [6.45, 7) is 0. The van der Waals surface area contributed by atoms with Crippen LogP contribution in [0.5, 0.6) is 5.75 Å². The Balaban J connectivity index is 2.52. The number of hydrogen-bond donors (Lipinski definition) is 1. The zero-order chi connectivity index (χ0) is 12.7. The summed E-state index contributed by atoms with van der Waals surface area (Å²) in [6, 6.07) is 11.5. The number of ether oxygens (including phenoxy) is 1. The number of aromatic nitrogens is 1. The lowest BCUT2D eigenvalue weighted by molar-refractivity contribution is 0.409. The number of benzene rings is 2. The first-order valence-electron chi connectivity index (χ1n) is 5.49. The number of nitrogens with one attached hydrogen (secondary N) is 1. The van der Waals surface area contributed by atoms with Crippen LogP contribution in [0.25, 0.3) is 21.7 Å². The van der Waals surface area contributed by atoms with Gasteiger partial charge < -0.3 is 9.72 Å². The average Bonchev–Trinajstić information content (AvgIpc) is 2.39. The number of methoxy groups -OCH3 is 1. The molecule has 0 aliphatic rings. The molecule has 0 fully saturated rings.